The summed E-state index contributed by atoms with van der Waals surface area (Å²) < 4.78 is 52.7. The van der Waals surface area contributed by atoms with Crippen LogP contribution in [0.1, 0.15) is 6.92 Å². The Morgan fingerprint density at radius 1 is 1.19 bits per heavy atom. The number of benzene rings is 1. The van der Waals surface area contributed by atoms with Gasteiger partial charge in [0.05, 0.1) is 11.4 Å². The fourth-order valence-electron chi connectivity index (χ4n) is 1.69. The Bertz CT molecular complexity index is 751. The Morgan fingerprint density at radius 3 is 2.62 bits per heavy atom. The van der Waals surface area contributed by atoms with Crippen LogP contribution in [-0.4, -0.2) is 19.9 Å². The molecule has 0 bridgehead atoms. The minimum Gasteiger partial charge on any atom is -0.383 e. The van der Waals surface area contributed by atoms with Crippen molar-refractivity contribution in [2.75, 3.05) is 16.6 Å². The summed E-state index contributed by atoms with van der Waals surface area (Å²) in [5.74, 6) is -2.19. The standard InChI is InChI=1S/C13H13F2N3O2S/c1-2-16-12-4-3-7-17-13(12)21(19,20)18-9-5-6-10(14)11(15)8-9/h3-8,16,18H,2H2,1H3. The molecule has 2 aromatic rings. The molecule has 0 saturated carbocycles. The van der Waals surface area contributed by atoms with Gasteiger partial charge in [-0.05, 0) is 31.2 Å². The van der Waals surface area contributed by atoms with Crippen molar-refractivity contribution in [3.63, 3.8) is 0 Å². The lowest BCUT2D eigenvalue weighted by Crippen LogP contribution is -2.17. The number of hydrogen-bond donors (Lipinski definition) is 2. The number of sulfonamides is 1. The minimum absolute atomic E-state index is 0.0815. The van der Waals surface area contributed by atoms with E-state index in [0.29, 0.717) is 12.2 Å². The quantitative estimate of drug-likeness (QED) is 0.890. The molecule has 112 valence electrons. The molecule has 21 heavy (non-hydrogen) atoms. The molecule has 1 aromatic heterocycles. The molecule has 0 amide bonds. The average molecular weight is 313 g/mol. The Hall–Kier alpha value is -2.22. The van der Waals surface area contributed by atoms with Gasteiger partial charge in [0.1, 0.15) is 0 Å². The van der Waals surface area contributed by atoms with E-state index in [-0.39, 0.29) is 10.7 Å². The first-order valence-electron chi connectivity index (χ1n) is 6.11. The zero-order valence-electron chi connectivity index (χ0n) is 11.1. The van der Waals surface area contributed by atoms with Crippen molar-refractivity contribution >= 4 is 21.4 Å². The first-order valence-corrected chi connectivity index (χ1v) is 7.59. The van der Waals surface area contributed by atoms with Gasteiger partial charge in [-0.3, -0.25) is 4.72 Å². The van der Waals surface area contributed by atoms with Gasteiger partial charge in [0, 0.05) is 18.8 Å². The Kier molecular flexibility index (Phi) is 4.37. The predicted octanol–water partition coefficient (Wildman–Crippen LogP) is 2.59. The monoisotopic (exact) mass is 313 g/mol. The number of nitrogens with one attached hydrogen (secondary N) is 2. The van der Waals surface area contributed by atoms with E-state index in [1.807, 2.05) is 6.92 Å². The van der Waals surface area contributed by atoms with E-state index >= 15 is 0 Å². The molecule has 0 fully saturated rings. The van der Waals surface area contributed by atoms with Crippen molar-refractivity contribution < 1.29 is 17.2 Å². The predicted molar refractivity (Wildman–Crippen MR) is 75.6 cm³/mol. The van der Waals surface area contributed by atoms with Crippen molar-refractivity contribution in [3.05, 3.63) is 48.2 Å². The topological polar surface area (TPSA) is 71.1 Å². The molecular weight excluding hydrogens is 300 g/mol. The van der Waals surface area contributed by atoms with Gasteiger partial charge in [0.25, 0.3) is 10.0 Å². The fourth-order valence-corrected chi connectivity index (χ4v) is 2.86. The summed E-state index contributed by atoms with van der Waals surface area (Å²) in [4.78, 5) is 3.82. The van der Waals surface area contributed by atoms with Crippen molar-refractivity contribution in [2.45, 2.75) is 11.9 Å². The van der Waals surface area contributed by atoms with E-state index in [0.717, 1.165) is 18.2 Å². The molecule has 0 aliphatic rings. The van der Waals surface area contributed by atoms with Crippen molar-refractivity contribution in [2.24, 2.45) is 0 Å². The minimum atomic E-state index is -4.01. The fraction of sp³-hybridized carbons (Fsp3) is 0.154. The Labute approximate surface area is 121 Å². The molecule has 0 unspecified atom stereocenters. The molecule has 2 N–H and O–H groups in total. The van der Waals surface area contributed by atoms with Crippen LogP contribution in [0, 0.1) is 11.6 Å². The second-order valence-corrected chi connectivity index (χ2v) is 5.72. The van der Waals surface area contributed by atoms with Gasteiger partial charge in [-0.2, -0.15) is 8.42 Å². The van der Waals surface area contributed by atoms with Crippen molar-refractivity contribution in [1.82, 2.24) is 4.98 Å². The van der Waals surface area contributed by atoms with Crippen LogP contribution in [0.15, 0.2) is 41.6 Å². The van der Waals surface area contributed by atoms with Crippen molar-refractivity contribution in [3.8, 4) is 0 Å². The number of rotatable bonds is 5. The van der Waals surface area contributed by atoms with Gasteiger partial charge < -0.3 is 5.32 Å². The van der Waals surface area contributed by atoms with E-state index in [2.05, 4.69) is 15.0 Å². The van der Waals surface area contributed by atoms with Gasteiger partial charge in [-0.25, -0.2) is 13.8 Å². The molecule has 0 atom stereocenters. The molecule has 0 aliphatic carbocycles. The number of hydrogen-bond acceptors (Lipinski definition) is 4. The summed E-state index contributed by atoms with van der Waals surface area (Å²) >= 11 is 0. The molecule has 0 aliphatic heterocycles. The maximum absolute atomic E-state index is 13.1. The van der Waals surface area contributed by atoms with Crippen LogP contribution >= 0.6 is 0 Å². The summed E-state index contributed by atoms with van der Waals surface area (Å²) in [7, 11) is -4.01. The Balaban J connectivity index is 2.36. The number of halogens is 2. The highest BCUT2D eigenvalue weighted by Gasteiger charge is 2.20. The summed E-state index contributed by atoms with van der Waals surface area (Å²) in [6, 6.07) is 5.90. The highest BCUT2D eigenvalue weighted by Crippen LogP contribution is 2.22. The number of pyridine rings is 1. The molecule has 8 heteroatoms. The lowest BCUT2D eigenvalue weighted by Gasteiger charge is -2.12. The first-order chi connectivity index (χ1) is 9.94. The lowest BCUT2D eigenvalue weighted by atomic mass is 10.3. The van der Waals surface area contributed by atoms with Crippen LogP contribution in [-0.2, 0) is 10.0 Å². The van der Waals surface area contributed by atoms with E-state index in [1.165, 1.54) is 6.20 Å². The van der Waals surface area contributed by atoms with Crippen LogP contribution in [0.5, 0.6) is 0 Å². The van der Waals surface area contributed by atoms with E-state index < -0.39 is 21.7 Å². The number of nitrogens with zero attached hydrogens (tertiary/aromatic N) is 1. The number of anilines is 2. The Morgan fingerprint density at radius 2 is 1.95 bits per heavy atom. The highest BCUT2D eigenvalue weighted by atomic mass is 32.2. The maximum Gasteiger partial charge on any atom is 0.281 e. The molecule has 0 saturated heterocycles. The zero-order valence-corrected chi connectivity index (χ0v) is 11.9. The molecule has 0 radical (unpaired) electrons. The van der Waals surface area contributed by atoms with Crippen LogP contribution < -0.4 is 10.0 Å². The number of aromatic nitrogens is 1. The third-order valence-corrected chi connectivity index (χ3v) is 3.90. The van der Waals surface area contributed by atoms with Crippen molar-refractivity contribution in [1.29, 1.82) is 0 Å². The summed E-state index contributed by atoms with van der Waals surface area (Å²) in [5.41, 5.74) is 0.247. The average Bonchev–Trinajstić information content (AvgIpc) is 2.43. The summed E-state index contributed by atoms with van der Waals surface area (Å²) in [5, 5.41) is 2.66. The van der Waals surface area contributed by atoms with Crippen LogP contribution in [0.4, 0.5) is 20.2 Å². The summed E-state index contributed by atoms with van der Waals surface area (Å²) in [6.07, 6.45) is 1.33. The van der Waals surface area contributed by atoms with Gasteiger partial charge in [-0.15, -0.1) is 0 Å². The second kappa shape index (κ2) is 6.04. The third-order valence-electron chi connectivity index (χ3n) is 2.56. The van der Waals surface area contributed by atoms with Gasteiger partial charge in [-0.1, -0.05) is 0 Å². The normalized spacial score (nSPS) is 11.2. The highest BCUT2D eigenvalue weighted by molar-refractivity contribution is 7.92. The molecule has 1 heterocycles. The maximum atomic E-state index is 13.1. The molecule has 2 rings (SSSR count). The van der Waals surface area contributed by atoms with E-state index in [1.54, 1.807) is 12.1 Å². The van der Waals surface area contributed by atoms with Gasteiger partial charge >= 0.3 is 0 Å². The molecule has 5 nitrogen and oxygen atoms in total. The SMILES string of the molecule is CCNc1cccnc1S(=O)(=O)Nc1ccc(F)c(F)c1. The summed E-state index contributed by atoms with van der Waals surface area (Å²) in [6.45, 7) is 2.32. The zero-order chi connectivity index (χ0) is 15.5. The second-order valence-electron chi connectivity index (χ2n) is 4.12. The third kappa shape index (κ3) is 3.46. The van der Waals surface area contributed by atoms with E-state index in [9.17, 15) is 17.2 Å². The van der Waals surface area contributed by atoms with Gasteiger partial charge in [0.2, 0.25) is 0 Å². The molecule has 1 aromatic carbocycles. The smallest absolute Gasteiger partial charge is 0.281 e. The molecule has 0 spiro atoms. The van der Waals surface area contributed by atoms with Gasteiger partial charge in [0.15, 0.2) is 16.7 Å². The van der Waals surface area contributed by atoms with E-state index in [4.69, 9.17) is 0 Å². The largest absolute Gasteiger partial charge is 0.383 e. The first kappa shape index (κ1) is 15.2. The molecular formula is C13H13F2N3O2S. The van der Waals surface area contributed by atoms with Crippen LogP contribution in [0.3, 0.4) is 0 Å². The van der Waals surface area contributed by atoms with Crippen LogP contribution in [0.2, 0.25) is 0 Å². The lowest BCUT2D eigenvalue weighted by molar-refractivity contribution is 0.509. The van der Waals surface area contributed by atoms with Crippen LogP contribution in [0.25, 0.3) is 0 Å².